The van der Waals surface area contributed by atoms with E-state index >= 15 is 0 Å². The number of carbonyl (C=O) groups excluding carboxylic acids is 1. The maximum Gasteiger partial charge on any atom is 0.252 e. The second-order valence-electron chi connectivity index (χ2n) is 4.08. The largest absolute Gasteiger partial charge is 0.384 e. The molecule has 0 saturated heterocycles. The molecule has 0 aliphatic carbocycles. The van der Waals surface area contributed by atoms with Crippen molar-refractivity contribution in [2.45, 2.75) is 6.42 Å². The van der Waals surface area contributed by atoms with E-state index in [1.54, 1.807) is 6.07 Å². The minimum Gasteiger partial charge on any atom is -0.384 e. The van der Waals surface area contributed by atoms with Gasteiger partial charge in [0.15, 0.2) is 0 Å². The van der Waals surface area contributed by atoms with Gasteiger partial charge >= 0.3 is 0 Å². The molecule has 1 aromatic heterocycles. The van der Waals surface area contributed by atoms with Gasteiger partial charge in [-0.1, -0.05) is 41.9 Å². The van der Waals surface area contributed by atoms with E-state index in [-0.39, 0.29) is 0 Å². The van der Waals surface area contributed by atoms with Crippen LogP contribution in [0.2, 0.25) is 5.15 Å². The van der Waals surface area contributed by atoms with E-state index in [1.165, 1.54) is 11.8 Å². The van der Waals surface area contributed by atoms with Gasteiger partial charge < -0.3 is 11.1 Å². The van der Waals surface area contributed by atoms with Crippen molar-refractivity contribution in [1.29, 1.82) is 0 Å². The molecule has 0 atom stereocenters. The van der Waals surface area contributed by atoms with Crippen LogP contribution in [-0.4, -0.2) is 17.4 Å². The topological polar surface area (TPSA) is 68.0 Å². The molecule has 19 heavy (non-hydrogen) atoms. The lowest BCUT2D eigenvalue weighted by Gasteiger charge is -2.10. The normalized spacial score (nSPS) is 10.2. The van der Waals surface area contributed by atoms with E-state index in [2.05, 4.69) is 22.4 Å². The van der Waals surface area contributed by atoms with E-state index < -0.39 is 5.91 Å². The van der Waals surface area contributed by atoms with Gasteiger partial charge in [0.05, 0.1) is 11.3 Å². The Balaban J connectivity index is 2.03. The number of anilines is 1. The second-order valence-corrected chi connectivity index (χ2v) is 4.47. The zero-order chi connectivity index (χ0) is 13.7. The number of rotatable bonds is 5. The third-order valence-corrected chi connectivity index (χ3v) is 2.91. The SMILES string of the molecule is NC(=O)c1cnc(Cl)cc1NCCc1ccccc1. The van der Waals surface area contributed by atoms with Crippen LogP contribution in [0.25, 0.3) is 0 Å². The Kier molecular flexibility index (Phi) is 4.36. The van der Waals surface area contributed by atoms with Gasteiger partial charge in [-0.2, -0.15) is 0 Å². The summed E-state index contributed by atoms with van der Waals surface area (Å²) in [6.45, 7) is 0.685. The van der Waals surface area contributed by atoms with Crippen LogP contribution in [0.15, 0.2) is 42.6 Å². The first-order valence-corrected chi connectivity index (χ1v) is 6.28. The average Bonchev–Trinajstić information content (AvgIpc) is 2.39. The summed E-state index contributed by atoms with van der Waals surface area (Å²) in [6, 6.07) is 11.7. The lowest BCUT2D eigenvalue weighted by atomic mass is 10.1. The number of amides is 1. The van der Waals surface area contributed by atoms with Crippen LogP contribution in [0.5, 0.6) is 0 Å². The first-order valence-electron chi connectivity index (χ1n) is 5.90. The molecule has 0 aliphatic rings. The van der Waals surface area contributed by atoms with Crippen molar-refractivity contribution in [3.63, 3.8) is 0 Å². The molecule has 0 bridgehead atoms. The number of aromatic nitrogens is 1. The lowest BCUT2D eigenvalue weighted by Crippen LogP contribution is -2.16. The van der Waals surface area contributed by atoms with Gasteiger partial charge in [-0.05, 0) is 18.1 Å². The summed E-state index contributed by atoms with van der Waals surface area (Å²) in [7, 11) is 0. The Bertz CT molecular complexity index is 572. The van der Waals surface area contributed by atoms with Gasteiger partial charge in [0.2, 0.25) is 0 Å². The van der Waals surface area contributed by atoms with Crippen molar-refractivity contribution in [2.24, 2.45) is 5.73 Å². The maximum absolute atomic E-state index is 11.3. The van der Waals surface area contributed by atoms with Crippen molar-refractivity contribution in [3.05, 3.63) is 58.9 Å². The molecule has 2 rings (SSSR count). The Morgan fingerprint density at radius 1 is 1.32 bits per heavy atom. The molecule has 1 aromatic carbocycles. The van der Waals surface area contributed by atoms with Crippen LogP contribution in [0.1, 0.15) is 15.9 Å². The highest BCUT2D eigenvalue weighted by Gasteiger charge is 2.09. The summed E-state index contributed by atoms with van der Waals surface area (Å²) in [5, 5.41) is 3.48. The molecule has 98 valence electrons. The number of hydrogen-bond acceptors (Lipinski definition) is 3. The molecule has 0 aliphatic heterocycles. The molecule has 2 aromatic rings. The van der Waals surface area contributed by atoms with Crippen molar-refractivity contribution in [3.8, 4) is 0 Å². The smallest absolute Gasteiger partial charge is 0.252 e. The van der Waals surface area contributed by atoms with Crippen molar-refractivity contribution < 1.29 is 4.79 Å². The molecule has 0 radical (unpaired) electrons. The third-order valence-electron chi connectivity index (χ3n) is 2.71. The number of nitrogens with two attached hydrogens (primary N) is 1. The minimum absolute atomic E-state index is 0.326. The van der Waals surface area contributed by atoms with Gasteiger partial charge in [-0.3, -0.25) is 4.79 Å². The predicted octanol–water partition coefficient (Wildman–Crippen LogP) is 2.49. The zero-order valence-corrected chi connectivity index (χ0v) is 11.0. The standard InChI is InChI=1S/C14H14ClN3O/c15-13-8-12(11(9-18-13)14(16)19)17-7-6-10-4-2-1-3-5-10/h1-5,8-9H,6-7H2,(H2,16,19)(H,17,18). The summed E-state index contributed by atoms with van der Waals surface area (Å²) in [4.78, 5) is 15.1. The van der Waals surface area contributed by atoms with Gasteiger partial charge in [0.25, 0.3) is 5.91 Å². The molecule has 3 N–H and O–H groups in total. The number of halogens is 1. The van der Waals surface area contributed by atoms with E-state index in [0.29, 0.717) is 22.9 Å². The highest BCUT2D eigenvalue weighted by molar-refractivity contribution is 6.29. The van der Waals surface area contributed by atoms with Gasteiger partial charge in [0.1, 0.15) is 5.15 Å². The molecule has 0 fully saturated rings. The van der Waals surface area contributed by atoms with Gasteiger partial charge in [0, 0.05) is 12.7 Å². The average molecular weight is 276 g/mol. The van der Waals surface area contributed by atoms with Crippen LogP contribution >= 0.6 is 11.6 Å². The van der Waals surface area contributed by atoms with Crippen LogP contribution < -0.4 is 11.1 Å². The first kappa shape index (κ1) is 13.4. The summed E-state index contributed by atoms with van der Waals surface area (Å²) in [5.74, 6) is -0.522. The minimum atomic E-state index is -0.522. The maximum atomic E-state index is 11.3. The van der Waals surface area contributed by atoms with E-state index in [9.17, 15) is 4.79 Å². The Morgan fingerprint density at radius 2 is 2.05 bits per heavy atom. The summed E-state index contributed by atoms with van der Waals surface area (Å²) in [6.07, 6.45) is 2.23. The number of primary amides is 1. The third kappa shape index (κ3) is 3.69. The molecule has 0 spiro atoms. The monoisotopic (exact) mass is 275 g/mol. The Labute approximate surface area is 116 Å². The van der Waals surface area contributed by atoms with Gasteiger partial charge in [-0.25, -0.2) is 4.98 Å². The van der Waals surface area contributed by atoms with Gasteiger partial charge in [-0.15, -0.1) is 0 Å². The highest BCUT2D eigenvalue weighted by Crippen LogP contribution is 2.18. The lowest BCUT2D eigenvalue weighted by molar-refractivity contribution is 0.100. The summed E-state index contributed by atoms with van der Waals surface area (Å²) < 4.78 is 0. The number of pyridine rings is 1. The Morgan fingerprint density at radius 3 is 2.74 bits per heavy atom. The van der Waals surface area contributed by atoms with E-state index in [1.807, 2.05) is 18.2 Å². The molecule has 1 heterocycles. The van der Waals surface area contributed by atoms with Crippen molar-refractivity contribution in [2.75, 3.05) is 11.9 Å². The highest BCUT2D eigenvalue weighted by atomic mass is 35.5. The fourth-order valence-corrected chi connectivity index (χ4v) is 1.92. The quantitative estimate of drug-likeness (QED) is 0.824. The van der Waals surface area contributed by atoms with Crippen LogP contribution in [0.4, 0.5) is 5.69 Å². The van der Waals surface area contributed by atoms with Crippen LogP contribution in [0, 0.1) is 0 Å². The number of nitrogens with zero attached hydrogens (tertiary/aromatic N) is 1. The molecule has 0 unspecified atom stereocenters. The Hall–Kier alpha value is -2.07. The summed E-state index contributed by atoms with van der Waals surface area (Å²) >= 11 is 5.81. The molecule has 4 nitrogen and oxygen atoms in total. The molecular formula is C14H14ClN3O. The van der Waals surface area contributed by atoms with E-state index in [0.717, 1.165) is 6.42 Å². The molecule has 1 amide bonds. The fraction of sp³-hybridized carbons (Fsp3) is 0.143. The zero-order valence-electron chi connectivity index (χ0n) is 10.3. The molecule has 5 heteroatoms. The number of nitrogens with one attached hydrogen (secondary N) is 1. The molecular weight excluding hydrogens is 262 g/mol. The fourth-order valence-electron chi connectivity index (χ4n) is 1.76. The first-order chi connectivity index (χ1) is 9.16. The summed E-state index contributed by atoms with van der Waals surface area (Å²) in [5.41, 5.74) is 7.46. The van der Waals surface area contributed by atoms with Crippen LogP contribution in [-0.2, 0) is 6.42 Å². The number of benzene rings is 1. The molecule has 0 saturated carbocycles. The predicted molar refractivity (Wildman–Crippen MR) is 76.4 cm³/mol. The van der Waals surface area contributed by atoms with E-state index in [4.69, 9.17) is 17.3 Å². The van der Waals surface area contributed by atoms with Crippen LogP contribution in [0.3, 0.4) is 0 Å². The number of carbonyl (C=O) groups is 1. The second kappa shape index (κ2) is 6.20. The number of hydrogen-bond donors (Lipinski definition) is 2. The van der Waals surface area contributed by atoms with Crippen molar-refractivity contribution >= 4 is 23.2 Å². The van der Waals surface area contributed by atoms with Crippen molar-refractivity contribution in [1.82, 2.24) is 4.98 Å².